The molecule has 1 heterocycles. The number of carbonyl (C=O) groups excluding carboxylic acids is 1. The molecule has 0 spiro atoms. The molecular weight excluding hydrogens is 220 g/mol. The molecule has 0 bridgehead atoms. The number of aromatic nitrogens is 1. The van der Waals surface area contributed by atoms with Crippen LogP contribution in [0.5, 0.6) is 0 Å². The van der Waals surface area contributed by atoms with Gasteiger partial charge < -0.3 is 10.4 Å². The average Bonchev–Trinajstić information content (AvgIpc) is 2.83. The predicted octanol–water partition coefficient (Wildman–Crippen LogP) is 1.91. The Labute approximate surface area is 98.9 Å². The van der Waals surface area contributed by atoms with Gasteiger partial charge in [0.1, 0.15) is 0 Å². The number of carbonyl (C=O) groups is 2. The van der Waals surface area contributed by atoms with Crippen molar-refractivity contribution in [1.29, 1.82) is 0 Å². The Morgan fingerprint density at radius 2 is 2.06 bits per heavy atom. The topological polar surface area (TPSA) is 79.3 Å². The van der Waals surface area contributed by atoms with Gasteiger partial charge in [0.2, 0.25) is 5.91 Å². The number of hydrogen-bond acceptors (Lipinski definition) is 3. The summed E-state index contributed by atoms with van der Waals surface area (Å²) in [4.78, 5) is 26.5. The Bertz CT molecular complexity index is 439. The number of pyridine rings is 1. The molecule has 90 valence electrons. The standard InChI is InChI=1S/C12H14N2O3/c15-11(8-4-1-2-5-8)14-9-6-3-7-13-10(9)12(16)17/h3,6-8H,1-2,4-5H2,(H,14,15)(H,16,17). The number of rotatable bonds is 3. The zero-order valence-electron chi connectivity index (χ0n) is 9.35. The third kappa shape index (κ3) is 2.61. The maximum absolute atomic E-state index is 11.9. The van der Waals surface area contributed by atoms with E-state index in [0.717, 1.165) is 25.7 Å². The Morgan fingerprint density at radius 3 is 2.71 bits per heavy atom. The number of nitrogens with zero attached hydrogens (tertiary/aromatic N) is 1. The van der Waals surface area contributed by atoms with Crippen molar-refractivity contribution in [2.45, 2.75) is 25.7 Å². The van der Waals surface area contributed by atoms with Gasteiger partial charge in [0, 0.05) is 12.1 Å². The van der Waals surface area contributed by atoms with Gasteiger partial charge >= 0.3 is 5.97 Å². The molecule has 1 amide bonds. The quantitative estimate of drug-likeness (QED) is 0.837. The van der Waals surface area contributed by atoms with Crippen molar-refractivity contribution in [2.75, 3.05) is 5.32 Å². The largest absolute Gasteiger partial charge is 0.476 e. The molecular formula is C12H14N2O3. The van der Waals surface area contributed by atoms with Gasteiger partial charge in [0.15, 0.2) is 5.69 Å². The zero-order valence-corrected chi connectivity index (χ0v) is 9.35. The SMILES string of the molecule is O=C(O)c1ncccc1NC(=O)C1CCCC1. The van der Waals surface area contributed by atoms with E-state index >= 15 is 0 Å². The van der Waals surface area contributed by atoms with E-state index in [1.165, 1.54) is 6.20 Å². The second kappa shape index (κ2) is 4.95. The minimum Gasteiger partial charge on any atom is -0.476 e. The molecule has 0 radical (unpaired) electrons. The van der Waals surface area contributed by atoms with Crippen LogP contribution in [0.3, 0.4) is 0 Å². The predicted molar refractivity (Wildman–Crippen MR) is 61.8 cm³/mol. The molecule has 0 unspecified atom stereocenters. The van der Waals surface area contributed by atoms with Gasteiger partial charge in [-0.1, -0.05) is 12.8 Å². The third-order valence-corrected chi connectivity index (χ3v) is 2.99. The molecule has 0 aliphatic heterocycles. The lowest BCUT2D eigenvalue weighted by Gasteiger charge is -2.11. The maximum Gasteiger partial charge on any atom is 0.356 e. The lowest BCUT2D eigenvalue weighted by atomic mass is 10.1. The molecule has 17 heavy (non-hydrogen) atoms. The molecule has 0 aromatic carbocycles. The normalized spacial score (nSPS) is 15.8. The molecule has 0 saturated heterocycles. The lowest BCUT2D eigenvalue weighted by molar-refractivity contribution is -0.119. The molecule has 5 nitrogen and oxygen atoms in total. The van der Waals surface area contributed by atoms with Crippen molar-refractivity contribution < 1.29 is 14.7 Å². The van der Waals surface area contributed by atoms with Crippen LogP contribution >= 0.6 is 0 Å². The first kappa shape index (κ1) is 11.6. The van der Waals surface area contributed by atoms with Crippen LogP contribution in [0.2, 0.25) is 0 Å². The first-order chi connectivity index (χ1) is 8.18. The summed E-state index contributed by atoms with van der Waals surface area (Å²) < 4.78 is 0. The second-order valence-corrected chi connectivity index (χ2v) is 4.18. The van der Waals surface area contributed by atoms with E-state index in [-0.39, 0.29) is 23.2 Å². The highest BCUT2D eigenvalue weighted by Gasteiger charge is 2.24. The first-order valence-electron chi connectivity index (χ1n) is 5.67. The molecule has 1 aromatic rings. The summed E-state index contributed by atoms with van der Waals surface area (Å²) in [6.07, 6.45) is 5.30. The van der Waals surface area contributed by atoms with Gasteiger partial charge in [-0.25, -0.2) is 9.78 Å². The summed E-state index contributed by atoms with van der Waals surface area (Å²) in [6.45, 7) is 0. The van der Waals surface area contributed by atoms with E-state index in [1.807, 2.05) is 0 Å². The van der Waals surface area contributed by atoms with E-state index in [9.17, 15) is 9.59 Å². The van der Waals surface area contributed by atoms with Crippen molar-refractivity contribution in [3.63, 3.8) is 0 Å². The number of carboxylic acids is 1. The van der Waals surface area contributed by atoms with Gasteiger partial charge in [-0.2, -0.15) is 0 Å². The first-order valence-corrected chi connectivity index (χ1v) is 5.67. The van der Waals surface area contributed by atoms with E-state index in [4.69, 9.17) is 5.11 Å². The summed E-state index contributed by atoms with van der Waals surface area (Å²) in [6, 6.07) is 3.17. The number of anilines is 1. The van der Waals surface area contributed by atoms with Crippen LogP contribution in [0.25, 0.3) is 0 Å². The van der Waals surface area contributed by atoms with E-state index in [1.54, 1.807) is 12.1 Å². The lowest BCUT2D eigenvalue weighted by Crippen LogP contribution is -2.22. The molecule has 1 aliphatic rings. The number of carboxylic acid groups (broad SMARTS) is 1. The Morgan fingerprint density at radius 1 is 1.35 bits per heavy atom. The van der Waals surface area contributed by atoms with Crippen LogP contribution < -0.4 is 5.32 Å². The Kier molecular flexibility index (Phi) is 3.37. The number of amides is 1. The highest BCUT2D eigenvalue weighted by molar-refractivity contribution is 5.99. The molecule has 5 heteroatoms. The van der Waals surface area contributed by atoms with Gasteiger partial charge in [-0.05, 0) is 25.0 Å². The highest BCUT2D eigenvalue weighted by atomic mass is 16.4. The fraction of sp³-hybridized carbons (Fsp3) is 0.417. The summed E-state index contributed by atoms with van der Waals surface area (Å²) in [5.41, 5.74) is 0.163. The van der Waals surface area contributed by atoms with Crippen molar-refractivity contribution in [2.24, 2.45) is 5.92 Å². The van der Waals surface area contributed by atoms with Crippen LogP contribution in [-0.4, -0.2) is 22.0 Å². The van der Waals surface area contributed by atoms with Crippen molar-refractivity contribution in [3.05, 3.63) is 24.0 Å². The smallest absolute Gasteiger partial charge is 0.356 e. The van der Waals surface area contributed by atoms with Gasteiger partial charge in [-0.3, -0.25) is 4.79 Å². The molecule has 2 rings (SSSR count). The third-order valence-electron chi connectivity index (χ3n) is 2.99. The van der Waals surface area contributed by atoms with E-state index in [0.29, 0.717) is 0 Å². The summed E-state index contributed by atoms with van der Waals surface area (Å²) in [5, 5.41) is 11.6. The molecule has 1 saturated carbocycles. The summed E-state index contributed by atoms with van der Waals surface area (Å²) in [7, 11) is 0. The number of nitrogens with one attached hydrogen (secondary N) is 1. The maximum atomic E-state index is 11.9. The summed E-state index contributed by atoms with van der Waals surface area (Å²) in [5.74, 6) is -1.22. The van der Waals surface area contributed by atoms with Gasteiger partial charge in [0.05, 0.1) is 5.69 Å². The van der Waals surface area contributed by atoms with Crippen molar-refractivity contribution >= 4 is 17.6 Å². The highest BCUT2D eigenvalue weighted by Crippen LogP contribution is 2.26. The van der Waals surface area contributed by atoms with Crippen LogP contribution in [0.1, 0.15) is 36.2 Å². The van der Waals surface area contributed by atoms with Crippen LogP contribution in [0.15, 0.2) is 18.3 Å². The van der Waals surface area contributed by atoms with E-state index in [2.05, 4.69) is 10.3 Å². The van der Waals surface area contributed by atoms with Gasteiger partial charge in [0.25, 0.3) is 0 Å². The van der Waals surface area contributed by atoms with Crippen LogP contribution in [0, 0.1) is 5.92 Å². The van der Waals surface area contributed by atoms with Crippen molar-refractivity contribution in [3.8, 4) is 0 Å². The molecule has 2 N–H and O–H groups in total. The number of aromatic carboxylic acids is 1. The molecule has 0 atom stereocenters. The van der Waals surface area contributed by atoms with Gasteiger partial charge in [-0.15, -0.1) is 0 Å². The molecule has 1 fully saturated rings. The average molecular weight is 234 g/mol. The number of hydrogen-bond donors (Lipinski definition) is 2. The van der Waals surface area contributed by atoms with Crippen molar-refractivity contribution in [1.82, 2.24) is 4.98 Å². The Hall–Kier alpha value is -1.91. The fourth-order valence-corrected chi connectivity index (χ4v) is 2.10. The van der Waals surface area contributed by atoms with Crippen LogP contribution in [0.4, 0.5) is 5.69 Å². The monoisotopic (exact) mass is 234 g/mol. The fourth-order valence-electron chi connectivity index (χ4n) is 2.10. The summed E-state index contributed by atoms with van der Waals surface area (Å²) >= 11 is 0. The minimum absolute atomic E-state index is 0.0110. The van der Waals surface area contributed by atoms with E-state index < -0.39 is 5.97 Å². The van der Waals surface area contributed by atoms with Crippen LogP contribution in [-0.2, 0) is 4.79 Å². The minimum atomic E-state index is -1.13. The zero-order chi connectivity index (χ0) is 12.3. The molecule has 1 aliphatic carbocycles. The molecule has 1 aromatic heterocycles. The second-order valence-electron chi connectivity index (χ2n) is 4.18. The Balaban J connectivity index is 2.12.